The lowest BCUT2D eigenvalue weighted by Gasteiger charge is -2.33. The zero-order valence-corrected chi connectivity index (χ0v) is 23.3. The third-order valence-corrected chi connectivity index (χ3v) is 7.80. The van der Waals surface area contributed by atoms with Crippen molar-refractivity contribution in [2.75, 3.05) is 19.7 Å². The van der Waals surface area contributed by atoms with E-state index in [4.69, 9.17) is 9.72 Å². The van der Waals surface area contributed by atoms with Crippen LogP contribution < -0.4 is 0 Å². The van der Waals surface area contributed by atoms with Crippen molar-refractivity contribution in [1.82, 2.24) is 29.4 Å². The number of benzene rings is 2. The minimum atomic E-state index is 0.0281. The molecule has 7 nitrogen and oxygen atoms in total. The molecule has 2 atom stereocenters. The number of morpholine rings is 1. The van der Waals surface area contributed by atoms with E-state index in [2.05, 4.69) is 97.9 Å². The van der Waals surface area contributed by atoms with E-state index in [0.717, 1.165) is 49.6 Å². The molecule has 2 aromatic carbocycles. The predicted molar refractivity (Wildman–Crippen MR) is 148 cm³/mol. The summed E-state index contributed by atoms with van der Waals surface area (Å²) >= 11 is 0. The van der Waals surface area contributed by atoms with Gasteiger partial charge in [-0.25, -0.2) is 9.67 Å². The largest absolute Gasteiger partial charge is 0.376 e. The highest BCUT2D eigenvalue weighted by Gasteiger charge is 2.30. The van der Waals surface area contributed by atoms with Gasteiger partial charge < -0.3 is 9.30 Å². The van der Waals surface area contributed by atoms with Crippen molar-refractivity contribution >= 4 is 11.0 Å². The van der Waals surface area contributed by atoms with Gasteiger partial charge in [-0.3, -0.25) is 4.90 Å². The Morgan fingerprint density at radius 3 is 2.68 bits per heavy atom. The standard InChI is InChI=1S/C30H40N6O/c1-20-8-9-23(28(30(4,5)6)25-10-11-26-29(22(25)3)32-33-34(26)7)16-24(20)18-36-13-12-31-27(36)19-35-14-15-37-21(2)17-35/h8-13,16,21,28H,14-15,17-19H2,1-7H3/t21-,28?/m1/s1. The van der Waals surface area contributed by atoms with Crippen LogP contribution in [-0.4, -0.2) is 55.2 Å². The second kappa shape index (κ2) is 10.0. The Labute approximate surface area is 220 Å². The highest BCUT2D eigenvalue weighted by molar-refractivity contribution is 5.79. The maximum absolute atomic E-state index is 5.72. The molecule has 3 heterocycles. The van der Waals surface area contributed by atoms with Gasteiger partial charge in [0.2, 0.25) is 0 Å². The first kappa shape index (κ1) is 25.6. The van der Waals surface area contributed by atoms with Crippen LogP contribution in [-0.2, 0) is 24.9 Å². The molecule has 1 unspecified atom stereocenters. The molecule has 1 aliphatic rings. The highest BCUT2D eigenvalue weighted by Crippen LogP contribution is 2.43. The molecule has 2 aromatic heterocycles. The Morgan fingerprint density at radius 2 is 1.92 bits per heavy atom. The van der Waals surface area contributed by atoms with Crippen LogP contribution in [0.2, 0.25) is 0 Å². The lowest BCUT2D eigenvalue weighted by molar-refractivity contribution is -0.0222. The minimum absolute atomic E-state index is 0.0281. The highest BCUT2D eigenvalue weighted by atomic mass is 16.5. The van der Waals surface area contributed by atoms with Gasteiger partial charge in [-0.15, -0.1) is 5.10 Å². The van der Waals surface area contributed by atoms with Gasteiger partial charge in [0.1, 0.15) is 11.3 Å². The van der Waals surface area contributed by atoms with Gasteiger partial charge in [0.15, 0.2) is 0 Å². The Kier molecular flexibility index (Phi) is 6.94. The number of imidazole rings is 1. The molecule has 5 rings (SSSR count). The fraction of sp³-hybridized carbons (Fsp3) is 0.500. The first-order valence-electron chi connectivity index (χ1n) is 13.3. The number of nitrogens with zero attached hydrogens (tertiary/aromatic N) is 6. The zero-order valence-electron chi connectivity index (χ0n) is 23.3. The third kappa shape index (κ3) is 5.20. The summed E-state index contributed by atoms with van der Waals surface area (Å²) in [6.07, 6.45) is 4.31. The molecule has 1 fully saturated rings. The molecule has 0 aliphatic carbocycles. The van der Waals surface area contributed by atoms with Crippen LogP contribution in [0, 0.1) is 19.3 Å². The first-order valence-corrected chi connectivity index (χ1v) is 13.3. The molecule has 196 valence electrons. The number of ether oxygens (including phenoxy) is 1. The van der Waals surface area contributed by atoms with E-state index in [1.807, 2.05) is 17.9 Å². The fourth-order valence-electron chi connectivity index (χ4n) is 5.80. The van der Waals surface area contributed by atoms with Crippen molar-refractivity contribution in [2.24, 2.45) is 12.5 Å². The van der Waals surface area contributed by atoms with E-state index in [9.17, 15) is 0 Å². The Morgan fingerprint density at radius 1 is 1.11 bits per heavy atom. The van der Waals surface area contributed by atoms with Crippen LogP contribution in [0.1, 0.15) is 67.3 Å². The third-order valence-electron chi connectivity index (χ3n) is 7.80. The Bertz CT molecular complexity index is 1400. The lowest BCUT2D eigenvalue weighted by Crippen LogP contribution is -2.41. The molecule has 0 saturated carbocycles. The molecule has 0 radical (unpaired) electrons. The van der Waals surface area contributed by atoms with E-state index in [-0.39, 0.29) is 17.4 Å². The van der Waals surface area contributed by atoms with E-state index in [0.29, 0.717) is 0 Å². The van der Waals surface area contributed by atoms with Gasteiger partial charge in [0.25, 0.3) is 0 Å². The second-order valence-corrected chi connectivity index (χ2v) is 11.7. The SMILES string of the molecule is Cc1ccc(C(c2ccc3c(nnn3C)c2C)C(C)(C)C)cc1Cn1ccnc1CN1CCO[C@H](C)C1. The smallest absolute Gasteiger partial charge is 0.123 e. The molecular formula is C30H40N6O. The predicted octanol–water partition coefficient (Wildman–Crippen LogP) is 5.23. The molecule has 1 aliphatic heterocycles. The summed E-state index contributed by atoms with van der Waals surface area (Å²) in [5, 5.41) is 8.73. The summed E-state index contributed by atoms with van der Waals surface area (Å²) in [6, 6.07) is 11.4. The monoisotopic (exact) mass is 500 g/mol. The summed E-state index contributed by atoms with van der Waals surface area (Å²) in [5.41, 5.74) is 8.59. The Balaban J connectivity index is 1.47. The molecular weight excluding hydrogens is 460 g/mol. The van der Waals surface area contributed by atoms with E-state index >= 15 is 0 Å². The number of hydrogen-bond acceptors (Lipinski definition) is 5. The Hall–Kier alpha value is -3.03. The normalized spacial score (nSPS) is 18.0. The van der Waals surface area contributed by atoms with E-state index in [1.54, 1.807) is 0 Å². The van der Waals surface area contributed by atoms with Crippen LogP contribution in [0.4, 0.5) is 0 Å². The first-order chi connectivity index (χ1) is 17.6. The number of hydrogen-bond donors (Lipinski definition) is 0. The maximum Gasteiger partial charge on any atom is 0.123 e. The van der Waals surface area contributed by atoms with E-state index in [1.165, 1.54) is 27.8 Å². The molecule has 0 spiro atoms. The van der Waals surface area contributed by atoms with Crippen molar-refractivity contribution < 1.29 is 4.74 Å². The van der Waals surface area contributed by atoms with Crippen LogP contribution in [0.5, 0.6) is 0 Å². The average Bonchev–Trinajstić information content (AvgIpc) is 3.43. The minimum Gasteiger partial charge on any atom is -0.376 e. The molecule has 37 heavy (non-hydrogen) atoms. The van der Waals surface area contributed by atoms with Gasteiger partial charge in [-0.2, -0.15) is 0 Å². The average molecular weight is 501 g/mol. The maximum atomic E-state index is 5.72. The molecule has 1 saturated heterocycles. The van der Waals surface area contributed by atoms with Gasteiger partial charge >= 0.3 is 0 Å². The van der Waals surface area contributed by atoms with Crippen LogP contribution in [0.15, 0.2) is 42.7 Å². The lowest BCUT2D eigenvalue weighted by atomic mass is 9.71. The summed E-state index contributed by atoms with van der Waals surface area (Å²) in [7, 11) is 1.95. The molecule has 0 N–H and O–H groups in total. The van der Waals surface area contributed by atoms with Crippen molar-refractivity contribution in [3.63, 3.8) is 0 Å². The van der Waals surface area contributed by atoms with Gasteiger partial charge in [-0.1, -0.05) is 50.3 Å². The fourth-order valence-corrected chi connectivity index (χ4v) is 5.80. The molecule has 7 heteroatoms. The summed E-state index contributed by atoms with van der Waals surface area (Å²) < 4.78 is 9.87. The summed E-state index contributed by atoms with van der Waals surface area (Å²) in [4.78, 5) is 7.16. The van der Waals surface area contributed by atoms with Gasteiger partial charge in [0.05, 0.1) is 24.8 Å². The summed E-state index contributed by atoms with van der Waals surface area (Å²) in [6.45, 7) is 17.9. The van der Waals surface area contributed by atoms with Gasteiger partial charge in [-0.05, 0) is 60.1 Å². The summed E-state index contributed by atoms with van der Waals surface area (Å²) in [5.74, 6) is 1.34. The van der Waals surface area contributed by atoms with Crippen molar-refractivity contribution in [3.8, 4) is 0 Å². The molecule has 4 aromatic rings. The molecule has 0 amide bonds. The van der Waals surface area contributed by atoms with Crippen molar-refractivity contribution in [2.45, 2.75) is 66.7 Å². The van der Waals surface area contributed by atoms with Crippen molar-refractivity contribution in [3.05, 3.63) is 76.4 Å². The topological polar surface area (TPSA) is 61.0 Å². The number of rotatable bonds is 6. The van der Waals surface area contributed by atoms with Crippen molar-refractivity contribution in [1.29, 1.82) is 0 Å². The molecule has 0 bridgehead atoms. The van der Waals surface area contributed by atoms with Gasteiger partial charge in [0, 0.05) is 45.0 Å². The second-order valence-electron chi connectivity index (χ2n) is 11.7. The quantitative estimate of drug-likeness (QED) is 0.363. The number of fused-ring (bicyclic) bond motifs is 1. The zero-order chi connectivity index (χ0) is 26.3. The number of aromatic nitrogens is 5. The van der Waals surface area contributed by atoms with Crippen LogP contribution >= 0.6 is 0 Å². The van der Waals surface area contributed by atoms with Crippen LogP contribution in [0.25, 0.3) is 11.0 Å². The van der Waals surface area contributed by atoms with E-state index < -0.39 is 0 Å². The number of aryl methyl sites for hydroxylation is 3. The van der Waals surface area contributed by atoms with Crippen LogP contribution in [0.3, 0.4) is 0 Å².